The lowest BCUT2D eigenvalue weighted by Crippen LogP contribution is -2.33. The fraction of sp³-hybridized carbons (Fsp3) is 0.227. The van der Waals surface area contributed by atoms with Crippen molar-refractivity contribution in [3.05, 3.63) is 54.1 Å². The van der Waals surface area contributed by atoms with Crippen LogP contribution in [0.4, 0.5) is 11.4 Å². The minimum absolute atomic E-state index is 0.0883. The Bertz CT molecular complexity index is 1060. The van der Waals surface area contributed by atoms with Crippen molar-refractivity contribution in [3.63, 3.8) is 0 Å². The Balaban J connectivity index is 1.51. The lowest BCUT2D eigenvalue weighted by molar-refractivity contribution is -0.141. The normalized spacial score (nSPS) is 13.1. The number of hydrogen-bond donors (Lipinski definition) is 2. The van der Waals surface area contributed by atoms with E-state index in [2.05, 4.69) is 15.7 Å². The molecule has 1 aliphatic rings. The number of nitrogens with one attached hydrogen (secondary N) is 2. The predicted octanol–water partition coefficient (Wildman–Crippen LogP) is 2.04. The first-order chi connectivity index (χ1) is 15.4. The highest BCUT2D eigenvalue weighted by molar-refractivity contribution is 6.37. The van der Waals surface area contributed by atoms with Crippen LogP contribution in [0.25, 0.3) is 0 Å². The molecule has 3 amide bonds. The zero-order valence-electron chi connectivity index (χ0n) is 17.6. The van der Waals surface area contributed by atoms with Crippen LogP contribution in [0.2, 0.25) is 0 Å². The Hall–Kier alpha value is -4.21. The zero-order chi connectivity index (χ0) is 23.1. The van der Waals surface area contributed by atoms with E-state index in [1.807, 2.05) is 0 Å². The molecule has 0 saturated carbocycles. The molecule has 0 atom stereocenters. The molecule has 0 spiro atoms. The van der Waals surface area contributed by atoms with E-state index in [9.17, 15) is 19.2 Å². The second-order valence-corrected chi connectivity index (χ2v) is 6.82. The van der Waals surface area contributed by atoms with Crippen molar-refractivity contribution in [2.75, 3.05) is 31.4 Å². The average Bonchev–Trinajstić information content (AvgIpc) is 2.80. The van der Waals surface area contributed by atoms with E-state index < -0.39 is 18.5 Å². The molecule has 0 saturated heterocycles. The van der Waals surface area contributed by atoms with E-state index >= 15 is 0 Å². The molecule has 0 radical (unpaired) electrons. The Labute approximate surface area is 184 Å². The molecule has 2 aromatic rings. The van der Waals surface area contributed by atoms with Crippen LogP contribution in [0.3, 0.4) is 0 Å². The number of esters is 1. The number of methoxy groups -OCH3 is 1. The van der Waals surface area contributed by atoms with Crippen molar-refractivity contribution in [2.45, 2.75) is 12.8 Å². The Morgan fingerprint density at radius 3 is 2.44 bits per heavy atom. The number of rotatable bonds is 7. The second kappa shape index (κ2) is 10.2. The number of ether oxygens (including phenoxy) is 2. The topological polar surface area (TPSA) is 126 Å². The van der Waals surface area contributed by atoms with Gasteiger partial charge >= 0.3 is 5.97 Å². The van der Waals surface area contributed by atoms with Gasteiger partial charge in [0, 0.05) is 31.1 Å². The van der Waals surface area contributed by atoms with Crippen LogP contribution in [-0.2, 0) is 19.1 Å². The summed E-state index contributed by atoms with van der Waals surface area (Å²) in [6.07, 6.45) is 0.329. The van der Waals surface area contributed by atoms with E-state index in [0.717, 1.165) is 5.01 Å². The molecule has 166 valence electrons. The molecule has 2 aromatic carbocycles. The first kappa shape index (κ1) is 22.5. The van der Waals surface area contributed by atoms with Gasteiger partial charge < -0.3 is 20.1 Å². The van der Waals surface area contributed by atoms with Gasteiger partial charge in [-0.1, -0.05) is 12.1 Å². The predicted molar refractivity (Wildman–Crippen MR) is 116 cm³/mol. The van der Waals surface area contributed by atoms with Gasteiger partial charge in [-0.25, -0.2) is 9.80 Å². The van der Waals surface area contributed by atoms with Crippen LogP contribution in [0.5, 0.6) is 5.75 Å². The van der Waals surface area contributed by atoms with Crippen LogP contribution in [0.1, 0.15) is 23.2 Å². The first-order valence-electron chi connectivity index (χ1n) is 9.73. The van der Waals surface area contributed by atoms with Crippen molar-refractivity contribution in [1.82, 2.24) is 5.01 Å². The fourth-order valence-corrected chi connectivity index (χ4v) is 2.88. The summed E-state index contributed by atoms with van der Waals surface area (Å²) in [5.74, 6) is -1.29. The number of anilines is 2. The standard InChI is InChI=1S/C22H22N4O6/c1-26-20(28)12-11-17(25-26)22(30)32-13-19(27)23-15-9-7-14(8-10-15)21(29)24-16-5-3-4-6-18(16)31-2/h3-10H,11-13H2,1-2H3,(H,23,27)(H,24,29). The van der Waals surface area contributed by atoms with Crippen LogP contribution in [-0.4, -0.2) is 55.2 Å². The number of hydrazone groups is 1. The second-order valence-electron chi connectivity index (χ2n) is 6.82. The third-order valence-electron chi connectivity index (χ3n) is 4.56. The Morgan fingerprint density at radius 2 is 1.75 bits per heavy atom. The Morgan fingerprint density at radius 1 is 1.03 bits per heavy atom. The molecule has 1 heterocycles. The van der Waals surface area contributed by atoms with Crippen molar-refractivity contribution in [2.24, 2.45) is 5.10 Å². The molecular formula is C22H22N4O6. The SMILES string of the molecule is COc1ccccc1NC(=O)c1ccc(NC(=O)COC(=O)C2=NN(C)C(=O)CC2)cc1. The van der Waals surface area contributed by atoms with Gasteiger partial charge in [0.2, 0.25) is 5.91 Å². The van der Waals surface area contributed by atoms with Gasteiger partial charge in [0.1, 0.15) is 11.5 Å². The average molecular weight is 438 g/mol. The monoisotopic (exact) mass is 438 g/mol. The summed E-state index contributed by atoms with van der Waals surface area (Å²) in [6.45, 7) is -0.508. The first-order valence-corrected chi connectivity index (χ1v) is 9.73. The van der Waals surface area contributed by atoms with Gasteiger partial charge in [-0.05, 0) is 36.4 Å². The molecular weight excluding hydrogens is 416 g/mol. The summed E-state index contributed by atoms with van der Waals surface area (Å²) < 4.78 is 10.2. The largest absolute Gasteiger partial charge is 0.495 e. The molecule has 0 aromatic heterocycles. The number of nitrogens with zero attached hydrogens (tertiary/aromatic N) is 2. The maximum Gasteiger partial charge on any atom is 0.355 e. The van der Waals surface area contributed by atoms with Gasteiger partial charge in [-0.3, -0.25) is 14.4 Å². The molecule has 3 rings (SSSR count). The summed E-state index contributed by atoms with van der Waals surface area (Å²) in [4.78, 5) is 47.9. The summed E-state index contributed by atoms with van der Waals surface area (Å²) in [5, 5.41) is 10.3. The van der Waals surface area contributed by atoms with E-state index in [0.29, 0.717) is 22.7 Å². The minimum Gasteiger partial charge on any atom is -0.495 e. The van der Waals surface area contributed by atoms with E-state index in [1.54, 1.807) is 48.5 Å². The lowest BCUT2D eigenvalue weighted by atomic mass is 10.2. The molecule has 0 unspecified atom stereocenters. The van der Waals surface area contributed by atoms with E-state index in [4.69, 9.17) is 9.47 Å². The molecule has 0 fully saturated rings. The van der Waals surface area contributed by atoms with Crippen molar-refractivity contribution >= 4 is 40.8 Å². The highest BCUT2D eigenvalue weighted by Gasteiger charge is 2.23. The summed E-state index contributed by atoms with van der Waals surface area (Å²) in [6, 6.07) is 13.3. The zero-order valence-corrected chi connectivity index (χ0v) is 17.6. The molecule has 2 N–H and O–H groups in total. The van der Waals surface area contributed by atoms with Crippen molar-refractivity contribution in [1.29, 1.82) is 0 Å². The lowest BCUT2D eigenvalue weighted by Gasteiger charge is -2.18. The molecule has 0 aliphatic carbocycles. The van der Waals surface area contributed by atoms with Crippen molar-refractivity contribution in [3.8, 4) is 5.75 Å². The van der Waals surface area contributed by atoms with Gasteiger partial charge in [0.25, 0.3) is 11.8 Å². The highest BCUT2D eigenvalue weighted by Crippen LogP contribution is 2.23. The number of hydrogen-bond acceptors (Lipinski definition) is 7. The summed E-state index contributed by atoms with van der Waals surface area (Å²) >= 11 is 0. The number of benzene rings is 2. The number of para-hydroxylation sites is 2. The third kappa shape index (κ3) is 5.69. The minimum atomic E-state index is -0.747. The molecule has 10 heteroatoms. The van der Waals surface area contributed by atoms with Gasteiger partial charge in [-0.15, -0.1) is 0 Å². The highest BCUT2D eigenvalue weighted by atomic mass is 16.5. The summed E-state index contributed by atoms with van der Waals surface area (Å²) in [5.41, 5.74) is 1.44. The molecule has 10 nitrogen and oxygen atoms in total. The van der Waals surface area contributed by atoms with Gasteiger partial charge in [0.15, 0.2) is 6.61 Å². The van der Waals surface area contributed by atoms with Gasteiger partial charge in [0.05, 0.1) is 12.8 Å². The maximum absolute atomic E-state index is 12.4. The number of amides is 3. The molecule has 0 bridgehead atoms. The van der Waals surface area contributed by atoms with Crippen LogP contribution in [0.15, 0.2) is 53.6 Å². The van der Waals surface area contributed by atoms with Crippen LogP contribution in [0, 0.1) is 0 Å². The molecule has 32 heavy (non-hydrogen) atoms. The van der Waals surface area contributed by atoms with E-state index in [1.165, 1.54) is 14.2 Å². The smallest absolute Gasteiger partial charge is 0.355 e. The van der Waals surface area contributed by atoms with Crippen molar-refractivity contribution < 1.29 is 28.7 Å². The molecule has 1 aliphatic heterocycles. The number of carbonyl (C=O) groups is 4. The Kier molecular flexibility index (Phi) is 7.17. The fourth-order valence-electron chi connectivity index (χ4n) is 2.88. The van der Waals surface area contributed by atoms with E-state index in [-0.39, 0.29) is 30.4 Å². The van der Waals surface area contributed by atoms with Crippen LogP contribution >= 0.6 is 0 Å². The third-order valence-corrected chi connectivity index (χ3v) is 4.56. The van der Waals surface area contributed by atoms with Gasteiger partial charge in [-0.2, -0.15) is 5.10 Å². The number of carbonyl (C=O) groups excluding carboxylic acids is 4. The van der Waals surface area contributed by atoms with Crippen LogP contribution < -0.4 is 15.4 Å². The summed E-state index contributed by atoms with van der Waals surface area (Å²) in [7, 11) is 2.96. The quantitative estimate of drug-likeness (QED) is 0.637. The maximum atomic E-state index is 12.4.